The maximum Gasteiger partial charge on any atom is 0.138 e. The van der Waals surface area contributed by atoms with E-state index in [1.54, 1.807) is 0 Å². The maximum absolute atomic E-state index is 6.22. The largest absolute Gasteiger partial charge is 0.375 e. The lowest BCUT2D eigenvalue weighted by Gasteiger charge is -2.38. The van der Waals surface area contributed by atoms with Crippen LogP contribution in [0.3, 0.4) is 0 Å². The zero-order valence-corrected chi connectivity index (χ0v) is 12.1. The van der Waals surface area contributed by atoms with Crippen LogP contribution in [0.15, 0.2) is 6.33 Å². The molecule has 1 aliphatic rings. The van der Waals surface area contributed by atoms with Crippen molar-refractivity contribution in [2.24, 2.45) is 0 Å². The summed E-state index contributed by atoms with van der Waals surface area (Å²) in [5.41, 5.74) is 1.03. The molecule has 0 N–H and O–H groups in total. The highest BCUT2D eigenvalue weighted by Gasteiger charge is 2.28. The van der Waals surface area contributed by atoms with Crippen LogP contribution in [0.4, 0.5) is 5.82 Å². The molecule has 1 aromatic heterocycles. The number of ether oxygens (including phenoxy) is 1. The molecule has 1 saturated heterocycles. The molecule has 2 unspecified atom stereocenters. The predicted octanol–water partition coefficient (Wildman–Crippen LogP) is 2.87. The van der Waals surface area contributed by atoms with E-state index in [0.717, 1.165) is 24.5 Å². The van der Waals surface area contributed by atoms with E-state index >= 15 is 0 Å². The predicted molar refractivity (Wildman–Crippen MR) is 73.4 cm³/mol. The normalized spacial score (nSPS) is 24.7. The van der Waals surface area contributed by atoms with Gasteiger partial charge in [-0.1, -0.05) is 25.4 Å². The van der Waals surface area contributed by atoms with Gasteiger partial charge in [0.25, 0.3) is 0 Å². The Morgan fingerprint density at radius 1 is 1.39 bits per heavy atom. The van der Waals surface area contributed by atoms with Crippen molar-refractivity contribution < 1.29 is 4.74 Å². The lowest BCUT2D eigenvalue weighted by Crippen LogP contribution is -2.48. The van der Waals surface area contributed by atoms with E-state index in [-0.39, 0.29) is 6.10 Å². The first-order valence-corrected chi connectivity index (χ1v) is 6.77. The first-order valence-electron chi connectivity index (χ1n) is 6.39. The third-order valence-electron chi connectivity index (χ3n) is 3.27. The highest BCUT2D eigenvalue weighted by atomic mass is 35.5. The summed E-state index contributed by atoms with van der Waals surface area (Å²) in [6.07, 6.45) is 1.76. The van der Waals surface area contributed by atoms with Crippen LogP contribution in [0.2, 0.25) is 5.15 Å². The van der Waals surface area contributed by atoms with Crippen LogP contribution >= 0.6 is 11.6 Å². The molecule has 0 aliphatic carbocycles. The van der Waals surface area contributed by atoms with Crippen LogP contribution in [-0.4, -0.2) is 35.3 Å². The van der Waals surface area contributed by atoms with Crippen LogP contribution in [0.5, 0.6) is 0 Å². The van der Waals surface area contributed by atoms with E-state index in [0.29, 0.717) is 17.1 Å². The topological polar surface area (TPSA) is 38.2 Å². The van der Waals surface area contributed by atoms with Gasteiger partial charge in [-0.2, -0.15) is 0 Å². The summed E-state index contributed by atoms with van der Waals surface area (Å²) >= 11 is 6.22. The SMILES string of the molecule is CC1CN(c2ncnc(Cl)c2C(C)C)C(C)CO1. The average Bonchev–Trinajstić information content (AvgIpc) is 2.31. The molecule has 0 saturated carbocycles. The Hall–Kier alpha value is -0.870. The van der Waals surface area contributed by atoms with Crippen molar-refractivity contribution in [2.75, 3.05) is 18.1 Å². The smallest absolute Gasteiger partial charge is 0.138 e. The second-order valence-corrected chi connectivity index (χ2v) is 5.56. The molecule has 0 aromatic carbocycles. The lowest BCUT2D eigenvalue weighted by atomic mass is 10.0. The third-order valence-corrected chi connectivity index (χ3v) is 3.57. The van der Waals surface area contributed by atoms with E-state index in [1.165, 1.54) is 6.33 Å². The van der Waals surface area contributed by atoms with E-state index < -0.39 is 0 Å². The molecule has 4 nitrogen and oxygen atoms in total. The molecule has 0 spiro atoms. The molecule has 0 amide bonds. The number of hydrogen-bond acceptors (Lipinski definition) is 4. The maximum atomic E-state index is 6.22. The van der Waals surface area contributed by atoms with Crippen molar-refractivity contribution in [1.82, 2.24) is 9.97 Å². The fourth-order valence-corrected chi connectivity index (χ4v) is 2.64. The number of rotatable bonds is 2. The van der Waals surface area contributed by atoms with E-state index in [2.05, 4.69) is 42.6 Å². The Labute approximate surface area is 113 Å². The molecule has 5 heteroatoms. The summed E-state index contributed by atoms with van der Waals surface area (Å²) in [4.78, 5) is 10.8. The highest BCUT2D eigenvalue weighted by molar-refractivity contribution is 6.30. The fraction of sp³-hybridized carbons (Fsp3) is 0.692. The third kappa shape index (κ3) is 2.59. The van der Waals surface area contributed by atoms with Crippen LogP contribution in [-0.2, 0) is 4.74 Å². The van der Waals surface area contributed by atoms with Crippen molar-refractivity contribution in [2.45, 2.75) is 45.8 Å². The van der Waals surface area contributed by atoms with Gasteiger partial charge in [-0.05, 0) is 19.8 Å². The molecule has 100 valence electrons. The van der Waals surface area contributed by atoms with Crippen LogP contribution in [0, 0.1) is 0 Å². The Bertz CT molecular complexity index is 425. The number of hydrogen-bond donors (Lipinski definition) is 0. The van der Waals surface area contributed by atoms with Crippen molar-refractivity contribution >= 4 is 17.4 Å². The minimum Gasteiger partial charge on any atom is -0.375 e. The van der Waals surface area contributed by atoms with Crippen molar-refractivity contribution in [3.63, 3.8) is 0 Å². The molecular weight excluding hydrogens is 250 g/mol. The van der Waals surface area contributed by atoms with E-state index in [4.69, 9.17) is 16.3 Å². The van der Waals surface area contributed by atoms with Gasteiger partial charge in [-0.3, -0.25) is 0 Å². The van der Waals surface area contributed by atoms with Gasteiger partial charge < -0.3 is 9.64 Å². The Morgan fingerprint density at radius 2 is 2.11 bits per heavy atom. The standard InChI is InChI=1S/C13H20ClN3O/c1-8(2)11-12(14)15-7-16-13(11)17-5-10(4)18-6-9(17)3/h7-10H,5-6H2,1-4H3. The highest BCUT2D eigenvalue weighted by Crippen LogP contribution is 2.32. The summed E-state index contributed by atoms with van der Waals surface area (Å²) in [5, 5.41) is 0.557. The van der Waals surface area contributed by atoms with Crippen LogP contribution < -0.4 is 4.90 Å². The molecule has 0 radical (unpaired) electrons. The summed E-state index contributed by atoms with van der Waals surface area (Å²) in [7, 11) is 0. The Balaban J connectivity index is 2.40. The minimum absolute atomic E-state index is 0.218. The summed E-state index contributed by atoms with van der Waals surface area (Å²) in [6, 6.07) is 0.310. The first kappa shape index (κ1) is 13.6. The van der Waals surface area contributed by atoms with Crippen molar-refractivity contribution in [1.29, 1.82) is 0 Å². The molecule has 2 atom stereocenters. The molecule has 1 aliphatic heterocycles. The van der Waals surface area contributed by atoms with Gasteiger partial charge >= 0.3 is 0 Å². The van der Waals surface area contributed by atoms with Crippen LogP contribution in [0.25, 0.3) is 0 Å². The van der Waals surface area contributed by atoms with Crippen molar-refractivity contribution in [3.8, 4) is 0 Å². The molecule has 18 heavy (non-hydrogen) atoms. The minimum atomic E-state index is 0.218. The monoisotopic (exact) mass is 269 g/mol. The van der Waals surface area contributed by atoms with Gasteiger partial charge in [-0.15, -0.1) is 0 Å². The molecule has 2 heterocycles. The van der Waals surface area contributed by atoms with Gasteiger partial charge in [0.05, 0.1) is 18.8 Å². The quantitative estimate of drug-likeness (QED) is 0.774. The number of anilines is 1. The van der Waals surface area contributed by atoms with Gasteiger partial charge in [-0.25, -0.2) is 9.97 Å². The molecular formula is C13H20ClN3O. The fourth-order valence-electron chi connectivity index (χ4n) is 2.29. The van der Waals surface area contributed by atoms with Crippen LogP contribution in [0.1, 0.15) is 39.2 Å². The number of halogens is 1. The Morgan fingerprint density at radius 3 is 2.78 bits per heavy atom. The molecule has 1 aromatic rings. The van der Waals surface area contributed by atoms with Gasteiger partial charge in [0.2, 0.25) is 0 Å². The second-order valence-electron chi connectivity index (χ2n) is 5.20. The summed E-state index contributed by atoms with van der Waals surface area (Å²) in [6.45, 7) is 10.0. The molecule has 2 rings (SSSR count). The second kappa shape index (κ2) is 5.41. The van der Waals surface area contributed by atoms with Gasteiger partial charge in [0.15, 0.2) is 0 Å². The zero-order valence-electron chi connectivity index (χ0n) is 11.4. The van der Waals surface area contributed by atoms with Gasteiger partial charge in [0.1, 0.15) is 17.3 Å². The number of nitrogens with zero attached hydrogens (tertiary/aromatic N) is 3. The summed E-state index contributed by atoms with van der Waals surface area (Å²) < 4.78 is 5.65. The van der Waals surface area contributed by atoms with Crippen molar-refractivity contribution in [3.05, 3.63) is 17.0 Å². The van der Waals surface area contributed by atoms with E-state index in [1.807, 2.05) is 0 Å². The van der Waals surface area contributed by atoms with E-state index in [9.17, 15) is 0 Å². The number of morpholine rings is 1. The summed E-state index contributed by atoms with van der Waals surface area (Å²) in [5.74, 6) is 1.26. The van der Waals surface area contributed by atoms with Gasteiger partial charge in [0, 0.05) is 12.1 Å². The average molecular weight is 270 g/mol. The lowest BCUT2D eigenvalue weighted by molar-refractivity contribution is 0.0339. The zero-order chi connectivity index (χ0) is 13.3. The number of aromatic nitrogens is 2. The molecule has 1 fully saturated rings. The first-order chi connectivity index (χ1) is 8.50. The Kier molecular flexibility index (Phi) is 4.07. The molecule has 0 bridgehead atoms.